The van der Waals surface area contributed by atoms with Crippen LogP contribution in [0.25, 0.3) is 0 Å². The Kier molecular flexibility index (Phi) is 3.87. The summed E-state index contributed by atoms with van der Waals surface area (Å²) in [4.78, 5) is 11.6. The number of benzene rings is 1. The number of methoxy groups -OCH3 is 1. The molecule has 2 N–H and O–H groups in total. The van der Waals surface area contributed by atoms with Gasteiger partial charge in [-0.05, 0) is 42.9 Å². The summed E-state index contributed by atoms with van der Waals surface area (Å²) in [7, 11) is 1.38. The molecule has 1 saturated heterocycles. The molecule has 0 bridgehead atoms. The van der Waals surface area contributed by atoms with Gasteiger partial charge in [-0.1, -0.05) is 6.07 Å². The van der Waals surface area contributed by atoms with E-state index >= 15 is 0 Å². The highest BCUT2D eigenvalue weighted by Crippen LogP contribution is 2.33. The summed E-state index contributed by atoms with van der Waals surface area (Å²) in [5.41, 5.74) is 9.36. The van der Waals surface area contributed by atoms with Gasteiger partial charge in [-0.15, -0.1) is 0 Å². The van der Waals surface area contributed by atoms with Crippen molar-refractivity contribution in [3.05, 3.63) is 28.8 Å². The molecule has 1 aliphatic rings. The summed E-state index contributed by atoms with van der Waals surface area (Å²) < 4.78 is 10.1. The number of hydrogen-bond acceptors (Lipinski definition) is 4. The Bertz CT molecular complexity index is 451. The number of hydrogen-bond donors (Lipinski definition) is 1. The van der Waals surface area contributed by atoms with Gasteiger partial charge in [0.05, 0.1) is 12.7 Å². The zero-order valence-corrected chi connectivity index (χ0v) is 10.9. The molecule has 0 saturated carbocycles. The lowest BCUT2D eigenvalue weighted by atomic mass is 9.88. The largest absolute Gasteiger partial charge is 0.465 e. The molecule has 0 aromatic heterocycles. The van der Waals surface area contributed by atoms with Crippen LogP contribution in [0.3, 0.4) is 0 Å². The van der Waals surface area contributed by atoms with Crippen molar-refractivity contribution in [2.75, 3.05) is 26.1 Å². The number of esters is 1. The quantitative estimate of drug-likeness (QED) is 0.645. The van der Waals surface area contributed by atoms with E-state index in [2.05, 4.69) is 0 Å². The first-order valence-corrected chi connectivity index (χ1v) is 6.20. The Morgan fingerprint density at radius 1 is 1.39 bits per heavy atom. The Labute approximate surface area is 107 Å². The van der Waals surface area contributed by atoms with Gasteiger partial charge in [0.15, 0.2) is 0 Å². The number of nitrogens with two attached hydrogens (primary N) is 1. The van der Waals surface area contributed by atoms with Crippen LogP contribution in [0.5, 0.6) is 0 Å². The molecule has 4 nitrogen and oxygen atoms in total. The second-order valence-electron chi connectivity index (χ2n) is 4.62. The van der Waals surface area contributed by atoms with Crippen LogP contribution in [-0.2, 0) is 9.47 Å². The maximum Gasteiger partial charge on any atom is 0.338 e. The van der Waals surface area contributed by atoms with Gasteiger partial charge in [0.1, 0.15) is 0 Å². The van der Waals surface area contributed by atoms with Gasteiger partial charge >= 0.3 is 5.97 Å². The fourth-order valence-electron chi connectivity index (χ4n) is 2.45. The van der Waals surface area contributed by atoms with Crippen molar-refractivity contribution in [2.24, 2.45) is 0 Å². The second kappa shape index (κ2) is 5.40. The fourth-order valence-corrected chi connectivity index (χ4v) is 2.45. The zero-order chi connectivity index (χ0) is 13.1. The molecule has 4 heteroatoms. The predicted molar refractivity (Wildman–Crippen MR) is 69.7 cm³/mol. The topological polar surface area (TPSA) is 61.5 Å². The molecule has 1 aromatic rings. The van der Waals surface area contributed by atoms with Gasteiger partial charge in [0, 0.05) is 18.9 Å². The van der Waals surface area contributed by atoms with Crippen LogP contribution in [0.4, 0.5) is 5.69 Å². The van der Waals surface area contributed by atoms with Gasteiger partial charge in [0.25, 0.3) is 0 Å². The van der Waals surface area contributed by atoms with Crippen LogP contribution in [-0.4, -0.2) is 26.3 Å². The molecule has 98 valence electrons. The minimum absolute atomic E-state index is 0.335. The molecule has 0 unspecified atom stereocenters. The third-order valence-electron chi connectivity index (χ3n) is 3.62. The molecule has 1 heterocycles. The Balaban J connectivity index is 2.33. The van der Waals surface area contributed by atoms with Crippen LogP contribution in [0.1, 0.15) is 40.2 Å². The highest BCUT2D eigenvalue weighted by Gasteiger charge is 2.21. The maximum atomic E-state index is 11.6. The van der Waals surface area contributed by atoms with Crippen LogP contribution >= 0.6 is 0 Å². The van der Waals surface area contributed by atoms with E-state index in [9.17, 15) is 4.79 Å². The van der Waals surface area contributed by atoms with Gasteiger partial charge in [-0.3, -0.25) is 0 Å². The number of anilines is 1. The first-order valence-electron chi connectivity index (χ1n) is 6.20. The number of rotatable bonds is 2. The monoisotopic (exact) mass is 249 g/mol. The van der Waals surface area contributed by atoms with Crippen molar-refractivity contribution in [2.45, 2.75) is 25.7 Å². The van der Waals surface area contributed by atoms with E-state index in [1.165, 1.54) is 7.11 Å². The standard InChI is InChI=1S/C14H19NO3/c1-9-11(14(16)17-2)3-4-12(13(9)15)10-5-7-18-8-6-10/h3-4,10H,5-8,15H2,1-2H3. The molecule has 1 aliphatic heterocycles. The number of ether oxygens (including phenoxy) is 2. The van der Waals surface area contributed by atoms with Crippen LogP contribution in [0.2, 0.25) is 0 Å². The smallest absolute Gasteiger partial charge is 0.338 e. The zero-order valence-electron chi connectivity index (χ0n) is 10.9. The van der Waals surface area contributed by atoms with E-state index in [4.69, 9.17) is 15.2 Å². The predicted octanol–water partition coefficient (Wildman–Crippen LogP) is 2.26. The lowest BCUT2D eigenvalue weighted by molar-refractivity contribution is 0.0599. The third-order valence-corrected chi connectivity index (χ3v) is 3.62. The minimum Gasteiger partial charge on any atom is -0.465 e. The molecule has 0 aliphatic carbocycles. The summed E-state index contributed by atoms with van der Waals surface area (Å²) in [5.74, 6) is 0.0990. The molecule has 1 fully saturated rings. The fraction of sp³-hybridized carbons (Fsp3) is 0.500. The first-order chi connectivity index (χ1) is 8.65. The highest BCUT2D eigenvalue weighted by molar-refractivity contribution is 5.93. The molecule has 1 aromatic carbocycles. The Morgan fingerprint density at radius 2 is 2.06 bits per heavy atom. The summed E-state index contributed by atoms with van der Waals surface area (Å²) in [5, 5.41) is 0. The number of nitrogen functional groups attached to an aromatic ring is 1. The Morgan fingerprint density at radius 3 is 2.67 bits per heavy atom. The summed E-state index contributed by atoms with van der Waals surface area (Å²) in [6, 6.07) is 3.76. The molecule has 18 heavy (non-hydrogen) atoms. The highest BCUT2D eigenvalue weighted by atomic mass is 16.5. The van der Waals surface area contributed by atoms with Crippen molar-refractivity contribution in [3.63, 3.8) is 0 Å². The molecule has 0 radical (unpaired) electrons. The van der Waals surface area contributed by atoms with Crippen LogP contribution in [0.15, 0.2) is 12.1 Å². The maximum absolute atomic E-state index is 11.6. The van der Waals surface area contributed by atoms with Crippen molar-refractivity contribution < 1.29 is 14.3 Å². The van der Waals surface area contributed by atoms with Gasteiger partial charge in [0.2, 0.25) is 0 Å². The number of carbonyl (C=O) groups is 1. The van der Waals surface area contributed by atoms with E-state index in [1.807, 2.05) is 19.1 Å². The average Bonchev–Trinajstić information content (AvgIpc) is 2.42. The van der Waals surface area contributed by atoms with Crippen molar-refractivity contribution in [1.29, 1.82) is 0 Å². The lowest BCUT2D eigenvalue weighted by Crippen LogP contribution is -2.16. The molecule has 0 atom stereocenters. The minimum atomic E-state index is -0.335. The van der Waals surface area contributed by atoms with Crippen molar-refractivity contribution in [1.82, 2.24) is 0 Å². The van der Waals surface area contributed by atoms with Crippen LogP contribution in [0, 0.1) is 6.92 Å². The normalized spacial score (nSPS) is 16.6. The molecular formula is C14H19NO3. The molecular weight excluding hydrogens is 230 g/mol. The van der Waals surface area contributed by atoms with E-state index in [0.717, 1.165) is 37.2 Å². The molecule has 2 rings (SSSR count). The first kappa shape index (κ1) is 12.9. The summed E-state index contributed by atoms with van der Waals surface area (Å²) in [6.07, 6.45) is 1.97. The van der Waals surface area contributed by atoms with E-state index in [1.54, 1.807) is 0 Å². The average molecular weight is 249 g/mol. The van der Waals surface area contributed by atoms with Crippen molar-refractivity contribution in [3.8, 4) is 0 Å². The van der Waals surface area contributed by atoms with Crippen molar-refractivity contribution >= 4 is 11.7 Å². The summed E-state index contributed by atoms with van der Waals surface area (Å²) >= 11 is 0. The van der Waals surface area contributed by atoms with E-state index in [0.29, 0.717) is 17.2 Å². The van der Waals surface area contributed by atoms with E-state index in [-0.39, 0.29) is 5.97 Å². The van der Waals surface area contributed by atoms with Gasteiger partial charge < -0.3 is 15.2 Å². The third kappa shape index (κ3) is 2.34. The van der Waals surface area contributed by atoms with Gasteiger partial charge in [-0.25, -0.2) is 4.79 Å². The summed E-state index contributed by atoms with van der Waals surface area (Å²) in [6.45, 7) is 3.42. The van der Waals surface area contributed by atoms with Crippen LogP contribution < -0.4 is 5.73 Å². The second-order valence-corrected chi connectivity index (χ2v) is 4.62. The SMILES string of the molecule is COC(=O)c1ccc(C2CCOCC2)c(N)c1C. The molecule has 0 spiro atoms. The Hall–Kier alpha value is -1.55. The van der Waals surface area contributed by atoms with E-state index < -0.39 is 0 Å². The number of carbonyl (C=O) groups excluding carboxylic acids is 1. The van der Waals surface area contributed by atoms with Gasteiger partial charge in [-0.2, -0.15) is 0 Å². The molecule has 0 amide bonds. The lowest BCUT2D eigenvalue weighted by Gasteiger charge is -2.24.